The van der Waals surface area contributed by atoms with Gasteiger partial charge in [0, 0.05) is 14.1 Å². The SMILES string of the molecule is Cn1c(=O)c2ncn(C)c2n(CCO)c1=O. The molecule has 0 spiro atoms. The van der Waals surface area contributed by atoms with Crippen molar-refractivity contribution in [2.24, 2.45) is 14.1 Å². The van der Waals surface area contributed by atoms with Crippen molar-refractivity contribution in [3.8, 4) is 0 Å². The lowest BCUT2D eigenvalue weighted by Crippen LogP contribution is -2.39. The summed E-state index contributed by atoms with van der Waals surface area (Å²) >= 11 is 0. The molecule has 0 aliphatic carbocycles. The van der Waals surface area contributed by atoms with E-state index in [2.05, 4.69) is 4.98 Å². The standard InChI is InChI=1S/C9H12N4O3/c1-11-5-10-6-7(11)13(3-4-14)9(16)12(2)8(6)15/h5,14H,3-4H2,1-2H3. The molecule has 2 aromatic heterocycles. The normalized spacial score (nSPS) is 11.2. The third kappa shape index (κ3) is 1.28. The Morgan fingerprint density at radius 3 is 2.69 bits per heavy atom. The first-order valence-corrected chi connectivity index (χ1v) is 4.79. The molecule has 2 heterocycles. The molecule has 0 atom stereocenters. The van der Waals surface area contributed by atoms with Crippen LogP contribution in [0.15, 0.2) is 15.9 Å². The minimum Gasteiger partial charge on any atom is -0.395 e. The van der Waals surface area contributed by atoms with E-state index >= 15 is 0 Å². The third-order valence-electron chi connectivity index (χ3n) is 2.51. The summed E-state index contributed by atoms with van der Waals surface area (Å²) in [5.41, 5.74) is -0.204. The quantitative estimate of drug-likeness (QED) is 0.668. The second-order valence-corrected chi connectivity index (χ2v) is 3.55. The van der Waals surface area contributed by atoms with E-state index in [1.165, 1.54) is 17.9 Å². The van der Waals surface area contributed by atoms with E-state index in [0.717, 1.165) is 4.57 Å². The average molecular weight is 224 g/mol. The maximum Gasteiger partial charge on any atom is 0.332 e. The Morgan fingerprint density at radius 1 is 1.38 bits per heavy atom. The first-order chi connectivity index (χ1) is 7.57. The number of aryl methyl sites for hydroxylation is 1. The fourth-order valence-electron chi connectivity index (χ4n) is 1.71. The summed E-state index contributed by atoms with van der Waals surface area (Å²) in [4.78, 5) is 27.5. The molecule has 7 nitrogen and oxygen atoms in total. The Balaban J connectivity index is 3.01. The van der Waals surface area contributed by atoms with E-state index in [4.69, 9.17) is 5.11 Å². The van der Waals surface area contributed by atoms with Gasteiger partial charge in [0.2, 0.25) is 0 Å². The molecule has 2 rings (SSSR count). The highest BCUT2D eigenvalue weighted by atomic mass is 16.3. The van der Waals surface area contributed by atoms with Gasteiger partial charge >= 0.3 is 5.69 Å². The number of hydrogen-bond acceptors (Lipinski definition) is 4. The van der Waals surface area contributed by atoms with Crippen molar-refractivity contribution in [1.29, 1.82) is 0 Å². The van der Waals surface area contributed by atoms with Gasteiger partial charge in [-0.05, 0) is 0 Å². The number of aromatic nitrogens is 4. The van der Waals surface area contributed by atoms with Crippen LogP contribution < -0.4 is 11.2 Å². The van der Waals surface area contributed by atoms with Gasteiger partial charge in [-0.1, -0.05) is 0 Å². The van der Waals surface area contributed by atoms with Crippen molar-refractivity contribution in [2.75, 3.05) is 6.61 Å². The zero-order valence-electron chi connectivity index (χ0n) is 9.04. The van der Waals surface area contributed by atoms with E-state index in [-0.39, 0.29) is 18.7 Å². The maximum absolute atomic E-state index is 11.8. The average Bonchev–Trinajstić information content (AvgIpc) is 2.64. The highest BCUT2D eigenvalue weighted by Crippen LogP contribution is 2.04. The van der Waals surface area contributed by atoms with Crippen LogP contribution in [0.25, 0.3) is 11.2 Å². The Labute approximate surface area is 90.2 Å². The zero-order valence-corrected chi connectivity index (χ0v) is 9.04. The summed E-state index contributed by atoms with van der Waals surface area (Å²) in [5.74, 6) is 0. The minimum absolute atomic E-state index is 0.142. The Bertz CT molecular complexity index is 649. The van der Waals surface area contributed by atoms with E-state index in [0.29, 0.717) is 5.65 Å². The van der Waals surface area contributed by atoms with Crippen LogP contribution in [0.4, 0.5) is 0 Å². The highest BCUT2D eigenvalue weighted by molar-refractivity contribution is 5.69. The van der Waals surface area contributed by atoms with Crippen LogP contribution in [0.3, 0.4) is 0 Å². The Morgan fingerprint density at radius 2 is 2.06 bits per heavy atom. The van der Waals surface area contributed by atoms with Crippen molar-refractivity contribution in [3.05, 3.63) is 27.2 Å². The maximum atomic E-state index is 11.8. The van der Waals surface area contributed by atoms with E-state index < -0.39 is 11.2 Å². The van der Waals surface area contributed by atoms with Crippen molar-refractivity contribution in [1.82, 2.24) is 18.7 Å². The van der Waals surface area contributed by atoms with E-state index in [1.807, 2.05) is 0 Å². The van der Waals surface area contributed by atoms with E-state index in [9.17, 15) is 9.59 Å². The topological polar surface area (TPSA) is 82.1 Å². The molecular weight excluding hydrogens is 212 g/mol. The van der Waals surface area contributed by atoms with Gasteiger partial charge in [-0.3, -0.25) is 13.9 Å². The van der Waals surface area contributed by atoms with Gasteiger partial charge in [0.05, 0.1) is 19.5 Å². The van der Waals surface area contributed by atoms with Crippen molar-refractivity contribution >= 4 is 11.2 Å². The molecule has 0 aromatic carbocycles. The fourth-order valence-corrected chi connectivity index (χ4v) is 1.71. The number of aliphatic hydroxyl groups is 1. The van der Waals surface area contributed by atoms with Crippen molar-refractivity contribution in [3.63, 3.8) is 0 Å². The molecule has 16 heavy (non-hydrogen) atoms. The number of rotatable bonds is 2. The molecular formula is C9H12N4O3. The molecule has 0 fully saturated rings. The fraction of sp³-hybridized carbons (Fsp3) is 0.444. The second-order valence-electron chi connectivity index (χ2n) is 3.55. The van der Waals surface area contributed by atoms with E-state index in [1.54, 1.807) is 11.6 Å². The van der Waals surface area contributed by atoms with Gasteiger partial charge in [0.1, 0.15) is 5.65 Å². The molecule has 0 amide bonds. The predicted octanol–water partition coefficient (Wildman–Crippen LogP) is -1.57. The van der Waals surface area contributed by atoms with Crippen LogP contribution in [0, 0.1) is 0 Å². The third-order valence-corrected chi connectivity index (χ3v) is 2.51. The lowest BCUT2D eigenvalue weighted by atomic mass is 10.5. The molecule has 0 radical (unpaired) electrons. The summed E-state index contributed by atoms with van der Waals surface area (Å²) < 4.78 is 3.92. The number of aliphatic hydroxyl groups excluding tert-OH is 1. The highest BCUT2D eigenvalue weighted by Gasteiger charge is 2.13. The lowest BCUT2D eigenvalue weighted by molar-refractivity contribution is 0.274. The van der Waals surface area contributed by atoms with Crippen LogP contribution >= 0.6 is 0 Å². The van der Waals surface area contributed by atoms with Gasteiger partial charge in [0.15, 0.2) is 5.52 Å². The summed E-state index contributed by atoms with van der Waals surface area (Å²) in [6.45, 7) is -0.0264. The van der Waals surface area contributed by atoms with Crippen LogP contribution in [0.2, 0.25) is 0 Å². The number of nitrogens with zero attached hydrogens (tertiary/aromatic N) is 4. The largest absolute Gasteiger partial charge is 0.395 e. The first-order valence-electron chi connectivity index (χ1n) is 4.79. The van der Waals surface area contributed by atoms with Gasteiger partial charge < -0.3 is 9.67 Å². The second kappa shape index (κ2) is 3.60. The summed E-state index contributed by atoms with van der Waals surface area (Å²) in [6, 6.07) is 0. The number of fused-ring (bicyclic) bond motifs is 1. The van der Waals surface area contributed by atoms with Crippen LogP contribution in [-0.4, -0.2) is 30.4 Å². The van der Waals surface area contributed by atoms with Crippen molar-refractivity contribution in [2.45, 2.75) is 6.54 Å². The zero-order chi connectivity index (χ0) is 11.9. The van der Waals surface area contributed by atoms with Gasteiger partial charge in [-0.15, -0.1) is 0 Å². The Kier molecular flexibility index (Phi) is 2.39. The van der Waals surface area contributed by atoms with Gasteiger partial charge in [0.25, 0.3) is 5.56 Å². The molecule has 2 aromatic rings. The number of imidazole rings is 1. The Hall–Kier alpha value is -1.89. The van der Waals surface area contributed by atoms with Crippen LogP contribution in [-0.2, 0) is 20.6 Å². The monoisotopic (exact) mass is 224 g/mol. The summed E-state index contributed by atoms with van der Waals surface area (Å²) in [7, 11) is 3.09. The van der Waals surface area contributed by atoms with Crippen LogP contribution in [0.5, 0.6) is 0 Å². The van der Waals surface area contributed by atoms with Gasteiger partial charge in [-0.2, -0.15) is 0 Å². The first kappa shape index (κ1) is 10.6. The lowest BCUT2D eigenvalue weighted by Gasteiger charge is -2.08. The molecule has 1 N–H and O–H groups in total. The van der Waals surface area contributed by atoms with Crippen LogP contribution in [0.1, 0.15) is 0 Å². The molecule has 0 unspecified atom stereocenters. The molecule has 86 valence electrons. The minimum atomic E-state index is -0.449. The molecule has 0 saturated heterocycles. The molecule has 0 saturated carbocycles. The molecule has 7 heteroatoms. The molecule has 0 bridgehead atoms. The van der Waals surface area contributed by atoms with Crippen molar-refractivity contribution < 1.29 is 5.11 Å². The number of hydrogen-bond donors (Lipinski definition) is 1. The predicted molar refractivity (Wildman–Crippen MR) is 57.3 cm³/mol. The summed E-state index contributed by atoms with van der Waals surface area (Å²) in [6.07, 6.45) is 1.47. The molecule has 0 aliphatic rings. The smallest absolute Gasteiger partial charge is 0.332 e. The van der Waals surface area contributed by atoms with Gasteiger partial charge in [-0.25, -0.2) is 9.78 Å². The molecule has 0 aliphatic heterocycles. The summed E-state index contributed by atoms with van der Waals surface area (Å²) in [5, 5.41) is 8.92.